The highest BCUT2D eigenvalue weighted by atomic mass is 16.2. The third-order valence-electron chi connectivity index (χ3n) is 5.23. The Balaban J connectivity index is 1.52. The molecule has 0 saturated carbocycles. The molecule has 0 N–H and O–H groups in total. The van der Waals surface area contributed by atoms with Crippen molar-refractivity contribution in [2.24, 2.45) is 7.05 Å². The maximum Gasteiger partial charge on any atom is 0.263 e. The van der Waals surface area contributed by atoms with Gasteiger partial charge in [-0.3, -0.25) is 9.59 Å². The first kappa shape index (κ1) is 18.1. The van der Waals surface area contributed by atoms with Crippen molar-refractivity contribution in [3.63, 3.8) is 0 Å². The first-order valence-electron chi connectivity index (χ1n) is 9.30. The van der Waals surface area contributed by atoms with Crippen LogP contribution in [-0.4, -0.2) is 62.4 Å². The van der Waals surface area contributed by atoms with E-state index in [1.54, 1.807) is 34.8 Å². The zero-order valence-corrected chi connectivity index (χ0v) is 16.2. The highest BCUT2D eigenvalue weighted by Crippen LogP contribution is 2.27. The van der Waals surface area contributed by atoms with E-state index >= 15 is 0 Å². The molecule has 1 saturated heterocycles. The molecule has 0 unspecified atom stereocenters. The van der Waals surface area contributed by atoms with Gasteiger partial charge in [0.1, 0.15) is 11.4 Å². The first-order chi connectivity index (χ1) is 13.5. The molecule has 3 aromatic heterocycles. The van der Waals surface area contributed by atoms with E-state index in [1.807, 2.05) is 31.1 Å². The number of nitrogens with zero attached hydrogens (tertiary/aromatic N) is 7. The Bertz CT molecular complexity index is 1080. The minimum atomic E-state index is -0.265. The number of fused-ring (bicyclic) bond motifs is 1. The van der Waals surface area contributed by atoms with Crippen molar-refractivity contribution in [1.29, 1.82) is 0 Å². The molecule has 0 spiro atoms. The molecule has 0 bridgehead atoms. The number of likely N-dealkylation sites (tertiary alicyclic amines) is 1. The molecule has 1 aliphatic rings. The summed E-state index contributed by atoms with van der Waals surface area (Å²) in [5.74, 6) is 1.61. The lowest BCUT2D eigenvalue weighted by atomic mass is 9.95. The van der Waals surface area contributed by atoms with Gasteiger partial charge < -0.3 is 14.4 Å². The molecule has 0 aromatic carbocycles. The van der Waals surface area contributed by atoms with E-state index < -0.39 is 0 Å². The number of aromatic nitrogens is 5. The van der Waals surface area contributed by atoms with Gasteiger partial charge in [-0.1, -0.05) is 0 Å². The van der Waals surface area contributed by atoms with Gasteiger partial charge in [-0.15, -0.1) is 15.3 Å². The fourth-order valence-corrected chi connectivity index (χ4v) is 3.56. The van der Waals surface area contributed by atoms with Crippen LogP contribution in [0, 0.1) is 0 Å². The van der Waals surface area contributed by atoms with Gasteiger partial charge in [-0.25, -0.2) is 0 Å². The van der Waals surface area contributed by atoms with Crippen LogP contribution >= 0.6 is 0 Å². The Morgan fingerprint density at radius 2 is 1.89 bits per heavy atom. The SMILES string of the molecule is CN(C)c1ccc2nnc(C3CCN(C(=O)c4cccn(C)c4=O)CC3)n2n1. The van der Waals surface area contributed by atoms with E-state index in [1.165, 1.54) is 4.57 Å². The largest absolute Gasteiger partial charge is 0.361 e. The lowest BCUT2D eigenvalue weighted by Crippen LogP contribution is -2.41. The van der Waals surface area contributed by atoms with Crippen molar-refractivity contribution < 1.29 is 4.79 Å². The van der Waals surface area contributed by atoms with E-state index in [0.29, 0.717) is 18.7 Å². The molecular weight excluding hydrogens is 358 g/mol. The Morgan fingerprint density at radius 3 is 2.61 bits per heavy atom. The number of pyridine rings is 1. The fourth-order valence-electron chi connectivity index (χ4n) is 3.56. The second kappa shape index (κ2) is 7.06. The van der Waals surface area contributed by atoms with Crippen LogP contribution in [0.2, 0.25) is 0 Å². The maximum absolute atomic E-state index is 12.8. The highest BCUT2D eigenvalue weighted by Gasteiger charge is 2.29. The number of rotatable bonds is 3. The van der Waals surface area contributed by atoms with Crippen LogP contribution in [0.25, 0.3) is 5.65 Å². The first-order valence-corrected chi connectivity index (χ1v) is 9.30. The van der Waals surface area contributed by atoms with Crippen LogP contribution in [0.15, 0.2) is 35.3 Å². The van der Waals surface area contributed by atoms with Crippen LogP contribution in [0.3, 0.4) is 0 Å². The number of anilines is 1. The minimum Gasteiger partial charge on any atom is -0.361 e. The molecule has 1 amide bonds. The average Bonchev–Trinajstić information content (AvgIpc) is 3.13. The van der Waals surface area contributed by atoms with E-state index in [2.05, 4.69) is 15.3 Å². The number of amides is 1. The number of aryl methyl sites for hydroxylation is 1. The molecule has 1 aliphatic heterocycles. The molecule has 0 aliphatic carbocycles. The lowest BCUT2D eigenvalue weighted by Gasteiger charge is -2.31. The standard InChI is InChI=1S/C19H23N7O2/c1-23(2)16-7-6-15-20-21-17(26(15)22-16)13-8-11-25(12-9-13)19(28)14-5-4-10-24(3)18(14)27/h4-7,10,13H,8-9,11-12H2,1-3H3. The van der Waals surface area contributed by atoms with Crippen LogP contribution in [0.4, 0.5) is 5.82 Å². The molecule has 4 rings (SSSR count). The number of carbonyl (C=O) groups is 1. The van der Waals surface area contributed by atoms with Crippen LogP contribution in [-0.2, 0) is 7.05 Å². The fraction of sp³-hybridized carbons (Fsp3) is 0.421. The van der Waals surface area contributed by atoms with Crippen LogP contribution in [0.5, 0.6) is 0 Å². The monoisotopic (exact) mass is 381 g/mol. The zero-order valence-electron chi connectivity index (χ0n) is 16.2. The summed E-state index contributed by atoms with van der Waals surface area (Å²) in [6, 6.07) is 7.13. The van der Waals surface area contributed by atoms with Gasteiger partial charge in [0.25, 0.3) is 11.5 Å². The molecule has 9 heteroatoms. The quantitative estimate of drug-likeness (QED) is 0.670. The lowest BCUT2D eigenvalue weighted by molar-refractivity contribution is 0.0708. The normalized spacial score (nSPS) is 15.2. The Morgan fingerprint density at radius 1 is 1.14 bits per heavy atom. The number of hydrogen-bond acceptors (Lipinski definition) is 6. The van der Waals surface area contributed by atoms with Gasteiger partial charge in [0.15, 0.2) is 11.5 Å². The predicted molar refractivity (Wildman–Crippen MR) is 105 cm³/mol. The van der Waals surface area contributed by atoms with Gasteiger partial charge >= 0.3 is 0 Å². The molecule has 3 aromatic rings. The topological polar surface area (TPSA) is 88.6 Å². The smallest absolute Gasteiger partial charge is 0.263 e. The summed E-state index contributed by atoms with van der Waals surface area (Å²) in [4.78, 5) is 28.7. The summed E-state index contributed by atoms with van der Waals surface area (Å²) in [5, 5.41) is 13.2. The van der Waals surface area contributed by atoms with Gasteiger partial charge in [0, 0.05) is 46.3 Å². The summed E-state index contributed by atoms with van der Waals surface area (Å²) in [7, 11) is 5.53. The highest BCUT2D eigenvalue weighted by molar-refractivity contribution is 5.93. The summed E-state index contributed by atoms with van der Waals surface area (Å²) in [6.45, 7) is 1.15. The predicted octanol–water partition coefficient (Wildman–Crippen LogP) is 0.909. The van der Waals surface area contributed by atoms with Crippen molar-refractivity contribution in [3.8, 4) is 0 Å². The van der Waals surface area contributed by atoms with Crippen molar-refractivity contribution in [3.05, 3.63) is 52.2 Å². The summed E-state index contributed by atoms with van der Waals surface area (Å²) >= 11 is 0. The van der Waals surface area contributed by atoms with Gasteiger partial charge in [-0.2, -0.15) is 4.52 Å². The van der Waals surface area contributed by atoms with Crippen LogP contribution in [0.1, 0.15) is 34.9 Å². The van der Waals surface area contributed by atoms with E-state index in [-0.39, 0.29) is 22.9 Å². The second-order valence-electron chi connectivity index (χ2n) is 7.32. The maximum atomic E-state index is 12.8. The summed E-state index contributed by atoms with van der Waals surface area (Å²) in [5.41, 5.74) is 0.666. The molecule has 0 radical (unpaired) electrons. The molecule has 9 nitrogen and oxygen atoms in total. The molecule has 0 atom stereocenters. The van der Waals surface area contributed by atoms with E-state index in [4.69, 9.17) is 0 Å². The molecular formula is C19H23N7O2. The Hall–Kier alpha value is -3.23. The zero-order chi connectivity index (χ0) is 19.8. The number of hydrogen-bond donors (Lipinski definition) is 0. The van der Waals surface area contributed by atoms with Crippen molar-refractivity contribution in [2.75, 3.05) is 32.1 Å². The van der Waals surface area contributed by atoms with E-state index in [9.17, 15) is 9.59 Å². The average molecular weight is 381 g/mol. The summed E-state index contributed by atoms with van der Waals surface area (Å²) in [6.07, 6.45) is 3.16. The third kappa shape index (κ3) is 3.12. The number of piperidine rings is 1. The van der Waals surface area contributed by atoms with E-state index in [0.717, 1.165) is 24.5 Å². The molecule has 1 fully saturated rings. The second-order valence-corrected chi connectivity index (χ2v) is 7.32. The van der Waals surface area contributed by atoms with Crippen molar-refractivity contribution in [1.82, 2.24) is 29.3 Å². The van der Waals surface area contributed by atoms with Gasteiger partial charge in [0.2, 0.25) is 0 Å². The number of carbonyl (C=O) groups excluding carboxylic acids is 1. The van der Waals surface area contributed by atoms with Crippen LogP contribution < -0.4 is 10.5 Å². The minimum absolute atomic E-state index is 0.169. The Kier molecular flexibility index (Phi) is 4.58. The molecule has 146 valence electrons. The van der Waals surface area contributed by atoms with Crippen molar-refractivity contribution >= 4 is 17.4 Å². The van der Waals surface area contributed by atoms with Gasteiger partial charge in [0.05, 0.1) is 0 Å². The van der Waals surface area contributed by atoms with Gasteiger partial charge in [-0.05, 0) is 37.1 Å². The molecule has 4 heterocycles. The van der Waals surface area contributed by atoms with Crippen molar-refractivity contribution in [2.45, 2.75) is 18.8 Å². The molecule has 28 heavy (non-hydrogen) atoms. The Labute approximate surface area is 162 Å². The summed E-state index contributed by atoms with van der Waals surface area (Å²) < 4.78 is 3.22. The third-order valence-corrected chi connectivity index (χ3v) is 5.23.